The van der Waals surface area contributed by atoms with Crippen LogP contribution in [0.1, 0.15) is 48.2 Å². The predicted octanol–water partition coefficient (Wildman–Crippen LogP) is 3.38. The Balaban J connectivity index is 2.00. The third kappa shape index (κ3) is 1.66. The maximum atomic E-state index is 4.86. The molecule has 2 nitrogen and oxygen atoms in total. The minimum Gasteiger partial charge on any atom is -0.305 e. The maximum Gasteiger partial charge on any atom is 0.114 e. The van der Waals surface area contributed by atoms with Crippen molar-refractivity contribution in [1.29, 1.82) is 0 Å². The van der Waals surface area contributed by atoms with E-state index in [-0.39, 0.29) is 5.54 Å². The molecule has 3 heteroatoms. The van der Waals surface area contributed by atoms with Gasteiger partial charge in [-0.3, -0.25) is 0 Å². The summed E-state index contributed by atoms with van der Waals surface area (Å²) in [6, 6.07) is 0. The van der Waals surface area contributed by atoms with Crippen LogP contribution in [0.15, 0.2) is 0 Å². The summed E-state index contributed by atoms with van der Waals surface area (Å²) in [5.41, 5.74) is 1.45. The maximum absolute atomic E-state index is 4.86. The Bertz CT molecular complexity index is 406. The normalized spacial score (nSPS) is 35.7. The van der Waals surface area contributed by atoms with Gasteiger partial charge in [0.1, 0.15) is 5.01 Å². The van der Waals surface area contributed by atoms with Crippen LogP contribution in [0, 0.1) is 25.7 Å². The van der Waals surface area contributed by atoms with E-state index in [1.165, 1.54) is 41.3 Å². The third-order valence-electron chi connectivity index (χ3n) is 4.75. The Morgan fingerprint density at radius 2 is 2.24 bits per heavy atom. The predicted molar refractivity (Wildman–Crippen MR) is 72.4 cm³/mol. The number of nitrogens with one attached hydrogen (secondary N) is 1. The molecule has 3 rings (SSSR count). The quantitative estimate of drug-likeness (QED) is 0.889. The van der Waals surface area contributed by atoms with Gasteiger partial charge in [-0.05, 0) is 51.5 Å². The molecule has 0 aliphatic heterocycles. The highest BCUT2D eigenvalue weighted by atomic mass is 32.1. The molecule has 1 N–H and O–H groups in total. The van der Waals surface area contributed by atoms with Crippen molar-refractivity contribution in [2.45, 2.75) is 52.0 Å². The number of hydrogen-bond acceptors (Lipinski definition) is 3. The molecule has 0 saturated heterocycles. The first kappa shape index (κ1) is 11.7. The first-order chi connectivity index (χ1) is 8.15. The molecule has 2 fully saturated rings. The van der Waals surface area contributed by atoms with Crippen LogP contribution in [0.2, 0.25) is 0 Å². The lowest BCUT2D eigenvalue weighted by molar-refractivity contribution is 0.213. The first-order valence-electron chi connectivity index (χ1n) is 6.85. The van der Waals surface area contributed by atoms with Gasteiger partial charge < -0.3 is 5.32 Å². The number of aromatic nitrogens is 1. The van der Waals surface area contributed by atoms with E-state index in [4.69, 9.17) is 4.98 Å². The fourth-order valence-corrected chi connectivity index (χ4v) is 5.03. The van der Waals surface area contributed by atoms with Gasteiger partial charge in [-0.2, -0.15) is 0 Å². The number of thiazole rings is 1. The van der Waals surface area contributed by atoms with Crippen molar-refractivity contribution in [3.05, 3.63) is 15.6 Å². The Kier molecular flexibility index (Phi) is 2.79. The summed E-state index contributed by atoms with van der Waals surface area (Å²) in [5.74, 6) is 1.78. The molecule has 2 aliphatic rings. The van der Waals surface area contributed by atoms with Crippen molar-refractivity contribution in [1.82, 2.24) is 10.3 Å². The van der Waals surface area contributed by atoms with Gasteiger partial charge in [-0.15, -0.1) is 11.3 Å². The minimum absolute atomic E-state index is 0.224. The van der Waals surface area contributed by atoms with Crippen molar-refractivity contribution in [2.24, 2.45) is 11.8 Å². The number of hydrogen-bond donors (Lipinski definition) is 1. The second-order valence-corrected chi connectivity index (χ2v) is 6.95. The van der Waals surface area contributed by atoms with Crippen molar-refractivity contribution < 1.29 is 0 Å². The molecule has 0 aromatic carbocycles. The number of fused-ring (bicyclic) bond motifs is 2. The van der Waals surface area contributed by atoms with E-state index in [2.05, 4.69) is 26.1 Å². The second kappa shape index (κ2) is 4.06. The van der Waals surface area contributed by atoms with Crippen LogP contribution in [0.4, 0.5) is 0 Å². The van der Waals surface area contributed by atoms with E-state index in [0.29, 0.717) is 0 Å². The van der Waals surface area contributed by atoms with Gasteiger partial charge in [0.25, 0.3) is 0 Å². The van der Waals surface area contributed by atoms with Crippen LogP contribution in [0.25, 0.3) is 0 Å². The van der Waals surface area contributed by atoms with E-state index < -0.39 is 0 Å². The van der Waals surface area contributed by atoms with Crippen LogP contribution >= 0.6 is 11.3 Å². The smallest absolute Gasteiger partial charge is 0.114 e. The fourth-order valence-electron chi connectivity index (χ4n) is 3.86. The van der Waals surface area contributed by atoms with Crippen LogP contribution in [0.3, 0.4) is 0 Å². The molecule has 3 atom stereocenters. The zero-order chi connectivity index (χ0) is 12.0. The van der Waals surface area contributed by atoms with Gasteiger partial charge in [0, 0.05) is 4.88 Å². The summed E-state index contributed by atoms with van der Waals surface area (Å²) in [6.45, 7) is 7.62. The molecule has 2 aliphatic carbocycles. The molecule has 1 aromatic rings. The summed E-state index contributed by atoms with van der Waals surface area (Å²) in [7, 11) is 0. The molecule has 1 aromatic heterocycles. The summed E-state index contributed by atoms with van der Waals surface area (Å²) in [4.78, 5) is 6.25. The average Bonchev–Trinajstić information content (AvgIpc) is 2.95. The van der Waals surface area contributed by atoms with Crippen LogP contribution in [-0.4, -0.2) is 11.5 Å². The second-order valence-electron chi connectivity index (χ2n) is 5.74. The molecule has 17 heavy (non-hydrogen) atoms. The van der Waals surface area contributed by atoms with Crippen LogP contribution < -0.4 is 5.32 Å². The highest BCUT2D eigenvalue weighted by Crippen LogP contribution is 2.56. The summed E-state index contributed by atoms with van der Waals surface area (Å²) >= 11 is 1.92. The van der Waals surface area contributed by atoms with Crippen molar-refractivity contribution in [3.8, 4) is 0 Å². The molecule has 0 amide bonds. The van der Waals surface area contributed by atoms with E-state index in [1.807, 2.05) is 11.3 Å². The Hall–Kier alpha value is -0.410. The molecule has 2 bridgehead atoms. The lowest BCUT2D eigenvalue weighted by Crippen LogP contribution is -2.46. The molecule has 0 radical (unpaired) electrons. The van der Waals surface area contributed by atoms with Crippen LogP contribution in [-0.2, 0) is 5.54 Å². The number of rotatable bonds is 3. The van der Waals surface area contributed by atoms with Gasteiger partial charge in [0.15, 0.2) is 0 Å². The molecular formula is C14H22N2S. The number of aryl methyl sites for hydroxylation is 2. The zero-order valence-corrected chi connectivity index (χ0v) is 11.9. The first-order valence-corrected chi connectivity index (χ1v) is 7.67. The largest absolute Gasteiger partial charge is 0.305 e. The van der Waals surface area contributed by atoms with Gasteiger partial charge >= 0.3 is 0 Å². The van der Waals surface area contributed by atoms with E-state index in [0.717, 1.165) is 18.4 Å². The van der Waals surface area contributed by atoms with Crippen molar-refractivity contribution >= 4 is 11.3 Å². The van der Waals surface area contributed by atoms with Gasteiger partial charge in [0.2, 0.25) is 0 Å². The lowest BCUT2D eigenvalue weighted by Gasteiger charge is -2.37. The molecule has 94 valence electrons. The van der Waals surface area contributed by atoms with Crippen molar-refractivity contribution in [2.75, 3.05) is 6.54 Å². The Morgan fingerprint density at radius 3 is 2.71 bits per heavy atom. The minimum atomic E-state index is 0.224. The fraction of sp³-hybridized carbons (Fsp3) is 0.786. The monoisotopic (exact) mass is 250 g/mol. The highest BCUT2D eigenvalue weighted by molar-refractivity contribution is 7.11. The topological polar surface area (TPSA) is 24.9 Å². The zero-order valence-electron chi connectivity index (χ0n) is 11.0. The molecule has 3 unspecified atom stereocenters. The van der Waals surface area contributed by atoms with Crippen molar-refractivity contribution in [3.63, 3.8) is 0 Å². The summed E-state index contributed by atoms with van der Waals surface area (Å²) in [5, 5.41) is 5.16. The standard InChI is InChI=1S/C14H22N2S/c1-4-15-14(8-11-5-6-12(14)7-11)13-16-9(2)10(3)17-13/h11-12,15H,4-8H2,1-3H3. The van der Waals surface area contributed by atoms with Gasteiger partial charge in [-0.25, -0.2) is 4.98 Å². The lowest BCUT2D eigenvalue weighted by atomic mass is 9.81. The number of nitrogens with zero attached hydrogens (tertiary/aromatic N) is 1. The van der Waals surface area contributed by atoms with Gasteiger partial charge in [0.05, 0.1) is 11.2 Å². The van der Waals surface area contributed by atoms with Gasteiger partial charge in [-0.1, -0.05) is 13.3 Å². The van der Waals surface area contributed by atoms with E-state index >= 15 is 0 Å². The third-order valence-corrected chi connectivity index (χ3v) is 6.00. The Labute approximate surface area is 108 Å². The summed E-state index contributed by atoms with van der Waals surface area (Å²) in [6.07, 6.45) is 5.58. The Morgan fingerprint density at radius 1 is 1.41 bits per heavy atom. The molecular weight excluding hydrogens is 228 g/mol. The van der Waals surface area contributed by atoms with Crippen LogP contribution in [0.5, 0.6) is 0 Å². The highest BCUT2D eigenvalue weighted by Gasteiger charge is 2.53. The summed E-state index contributed by atoms with van der Waals surface area (Å²) < 4.78 is 0. The van der Waals surface area contributed by atoms with E-state index in [1.54, 1.807) is 0 Å². The molecule has 0 spiro atoms. The average molecular weight is 250 g/mol. The van der Waals surface area contributed by atoms with E-state index in [9.17, 15) is 0 Å². The molecule has 1 heterocycles. The molecule has 2 saturated carbocycles. The SMILES string of the molecule is CCNC1(c2nc(C)c(C)s2)CC2CCC1C2.